The molecule has 9 heteroatoms. The third-order valence-electron chi connectivity index (χ3n) is 2.91. The molecule has 0 aliphatic heterocycles. The largest absolute Gasteiger partial charge is 0.252 e. The van der Waals surface area contributed by atoms with Crippen LogP contribution in [0.15, 0.2) is 49.9 Å². The monoisotopic (exact) mass is 362 g/mol. The lowest BCUT2D eigenvalue weighted by molar-refractivity contribution is 0.846. The Kier molecular flexibility index (Phi) is 5.09. The zero-order valence-corrected chi connectivity index (χ0v) is 15.1. The molecule has 6 nitrogen and oxygen atoms in total. The maximum Gasteiger partial charge on any atom is 0.252 e. The van der Waals surface area contributed by atoms with Crippen molar-refractivity contribution in [2.75, 3.05) is 5.75 Å². The van der Waals surface area contributed by atoms with Gasteiger partial charge >= 0.3 is 0 Å². The van der Waals surface area contributed by atoms with Gasteiger partial charge in [-0.3, -0.25) is 0 Å². The second kappa shape index (κ2) is 7.24. The highest BCUT2D eigenvalue weighted by atomic mass is 32.2. The van der Waals surface area contributed by atoms with Crippen LogP contribution in [-0.2, 0) is 0 Å². The van der Waals surface area contributed by atoms with Gasteiger partial charge in [0.15, 0.2) is 4.34 Å². The summed E-state index contributed by atoms with van der Waals surface area (Å²) in [5.74, 6) is 0.959. The number of aryl methyl sites for hydroxylation is 1. The molecule has 0 spiro atoms. The highest BCUT2D eigenvalue weighted by Gasteiger charge is 2.08. The first-order chi connectivity index (χ1) is 11.2. The number of rotatable bonds is 5. The van der Waals surface area contributed by atoms with Gasteiger partial charge in [-0.2, -0.15) is 5.10 Å². The second-order valence-corrected chi connectivity index (χ2v) is 7.47. The first-order valence-electron chi connectivity index (χ1n) is 6.90. The quantitative estimate of drug-likeness (QED) is 0.400. The number of aromatic nitrogens is 4. The summed E-state index contributed by atoms with van der Waals surface area (Å²) in [5.41, 5.74) is 2.39. The Balaban J connectivity index is 1.83. The summed E-state index contributed by atoms with van der Waals surface area (Å²) in [5, 5.41) is 21.5. The van der Waals surface area contributed by atoms with Gasteiger partial charge in [-0.1, -0.05) is 42.2 Å². The molecule has 2 aromatic heterocycles. The molecule has 0 atom stereocenters. The lowest BCUT2D eigenvalue weighted by Crippen LogP contribution is -1.95. The van der Waals surface area contributed by atoms with E-state index in [1.54, 1.807) is 16.4 Å². The van der Waals surface area contributed by atoms with E-state index in [0.717, 1.165) is 26.4 Å². The molecule has 0 radical (unpaired) electrons. The number of hydrogen-bond donors (Lipinski definition) is 1. The van der Waals surface area contributed by atoms with E-state index in [1.807, 2.05) is 37.4 Å². The van der Waals surface area contributed by atoms with Gasteiger partial charge in [-0.15, -0.1) is 33.1 Å². The number of nitrogens with zero attached hydrogens (tertiary/aromatic N) is 6. The molecule has 0 saturated heterocycles. The number of azo groups is 1. The second-order valence-electron chi connectivity index (χ2n) is 4.52. The number of thiol groups is 1. The van der Waals surface area contributed by atoms with Gasteiger partial charge in [-0.25, -0.2) is 4.68 Å². The SMILES string of the molecule is CCSc1nnc(N=Nc2cn(-c3ccccc3S)nc2C)s1. The first-order valence-corrected chi connectivity index (χ1v) is 9.15. The minimum Gasteiger partial charge on any atom is -0.237 e. The van der Waals surface area contributed by atoms with E-state index >= 15 is 0 Å². The number of thioether (sulfide) groups is 1. The molecule has 118 valence electrons. The molecule has 0 aliphatic carbocycles. The minimum absolute atomic E-state index is 0.544. The van der Waals surface area contributed by atoms with E-state index in [4.69, 9.17) is 0 Å². The van der Waals surface area contributed by atoms with Crippen molar-refractivity contribution in [2.24, 2.45) is 10.2 Å². The van der Waals surface area contributed by atoms with Crippen LogP contribution in [0.25, 0.3) is 5.69 Å². The Morgan fingerprint density at radius 1 is 1.26 bits per heavy atom. The fourth-order valence-electron chi connectivity index (χ4n) is 1.85. The third kappa shape index (κ3) is 3.80. The molecular formula is C14H14N6S3. The Labute approximate surface area is 147 Å². The highest BCUT2D eigenvalue weighted by Crippen LogP contribution is 2.29. The third-order valence-corrected chi connectivity index (χ3v) is 5.11. The summed E-state index contributed by atoms with van der Waals surface area (Å²) in [7, 11) is 0. The lowest BCUT2D eigenvalue weighted by atomic mass is 10.3. The number of hydrogen-bond acceptors (Lipinski definition) is 8. The zero-order valence-electron chi connectivity index (χ0n) is 12.5. The van der Waals surface area contributed by atoms with Crippen molar-refractivity contribution in [3.63, 3.8) is 0 Å². The Morgan fingerprint density at radius 2 is 2.09 bits per heavy atom. The first kappa shape index (κ1) is 16.2. The van der Waals surface area contributed by atoms with Crippen molar-refractivity contribution >= 4 is 46.5 Å². The highest BCUT2D eigenvalue weighted by molar-refractivity contribution is 8.01. The van der Waals surface area contributed by atoms with Crippen molar-refractivity contribution in [2.45, 2.75) is 23.1 Å². The fraction of sp³-hybridized carbons (Fsp3) is 0.214. The van der Waals surface area contributed by atoms with Gasteiger partial charge in [0.1, 0.15) is 5.69 Å². The molecule has 3 rings (SSSR count). The summed E-state index contributed by atoms with van der Waals surface area (Å²) >= 11 is 7.52. The van der Waals surface area contributed by atoms with Crippen molar-refractivity contribution in [1.82, 2.24) is 20.0 Å². The molecule has 0 fully saturated rings. The van der Waals surface area contributed by atoms with Crippen LogP contribution < -0.4 is 0 Å². The van der Waals surface area contributed by atoms with Crippen molar-refractivity contribution in [1.29, 1.82) is 0 Å². The van der Waals surface area contributed by atoms with Crippen molar-refractivity contribution in [3.8, 4) is 5.69 Å². The van der Waals surface area contributed by atoms with Crippen molar-refractivity contribution in [3.05, 3.63) is 36.2 Å². The van der Waals surface area contributed by atoms with Gasteiger partial charge < -0.3 is 0 Å². The van der Waals surface area contributed by atoms with Crippen LogP contribution in [0, 0.1) is 6.92 Å². The van der Waals surface area contributed by atoms with E-state index in [9.17, 15) is 0 Å². The molecule has 0 unspecified atom stereocenters. The van der Waals surface area contributed by atoms with E-state index in [1.165, 1.54) is 11.3 Å². The maximum absolute atomic E-state index is 4.47. The van der Waals surface area contributed by atoms with E-state index in [2.05, 4.69) is 45.1 Å². The zero-order chi connectivity index (χ0) is 16.2. The van der Waals surface area contributed by atoms with Crippen LogP contribution in [0.3, 0.4) is 0 Å². The standard InChI is InChI=1S/C14H14N6S3/c1-3-22-14-18-17-13(23-14)16-15-10-8-20(19-9(10)2)11-6-4-5-7-12(11)21/h4-8,21H,3H2,1-2H3. The maximum atomic E-state index is 4.47. The summed E-state index contributed by atoms with van der Waals surface area (Å²) in [6, 6.07) is 7.76. The molecule has 3 aromatic rings. The number of para-hydroxylation sites is 1. The molecule has 0 aliphatic rings. The fourth-order valence-corrected chi connectivity index (χ4v) is 3.67. The Hall–Kier alpha value is -1.71. The number of benzene rings is 1. The van der Waals surface area contributed by atoms with Crippen LogP contribution in [-0.4, -0.2) is 25.7 Å². The topological polar surface area (TPSA) is 68.3 Å². The summed E-state index contributed by atoms with van der Waals surface area (Å²) in [4.78, 5) is 0.851. The average Bonchev–Trinajstić information content (AvgIpc) is 3.13. The predicted molar refractivity (Wildman–Crippen MR) is 96.0 cm³/mol. The van der Waals surface area contributed by atoms with E-state index in [-0.39, 0.29) is 0 Å². The minimum atomic E-state index is 0.544. The average molecular weight is 363 g/mol. The van der Waals surface area contributed by atoms with E-state index in [0.29, 0.717) is 10.8 Å². The predicted octanol–water partition coefficient (Wildman–Crippen LogP) is 4.85. The smallest absolute Gasteiger partial charge is 0.237 e. The summed E-state index contributed by atoms with van der Waals surface area (Å²) in [6.07, 6.45) is 1.83. The molecule has 23 heavy (non-hydrogen) atoms. The molecule has 0 saturated carbocycles. The molecule has 0 amide bonds. The Morgan fingerprint density at radius 3 is 2.87 bits per heavy atom. The van der Waals surface area contributed by atoms with Crippen molar-refractivity contribution < 1.29 is 0 Å². The van der Waals surface area contributed by atoms with Gasteiger partial charge in [0, 0.05) is 4.90 Å². The summed E-state index contributed by atoms with van der Waals surface area (Å²) in [6.45, 7) is 3.97. The van der Waals surface area contributed by atoms with Crippen LogP contribution in [0.4, 0.5) is 10.8 Å². The molecule has 0 bridgehead atoms. The van der Waals surface area contributed by atoms with E-state index < -0.39 is 0 Å². The molecule has 1 aromatic carbocycles. The van der Waals surface area contributed by atoms with Gasteiger partial charge in [0.2, 0.25) is 0 Å². The molecular weight excluding hydrogens is 348 g/mol. The van der Waals surface area contributed by atoms with Gasteiger partial charge in [0.05, 0.1) is 17.6 Å². The van der Waals surface area contributed by atoms with Crippen LogP contribution in [0.5, 0.6) is 0 Å². The van der Waals surface area contributed by atoms with Crippen LogP contribution >= 0.6 is 35.7 Å². The summed E-state index contributed by atoms with van der Waals surface area (Å²) < 4.78 is 2.66. The molecule has 2 heterocycles. The Bertz CT molecular complexity index is 839. The van der Waals surface area contributed by atoms with Crippen LogP contribution in [0.1, 0.15) is 12.6 Å². The normalized spacial score (nSPS) is 11.4. The van der Waals surface area contributed by atoms with Crippen LogP contribution in [0.2, 0.25) is 0 Å². The van der Waals surface area contributed by atoms with Gasteiger partial charge in [0.25, 0.3) is 5.13 Å². The van der Waals surface area contributed by atoms with Gasteiger partial charge in [-0.05, 0) is 24.8 Å². The molecule has 0 N–H and O–H groups in total. The lowest BCUT2D eigenvalue weighted by Gasteiger charge is -2.03.